The van der Waals surface area contributed by atoms with Crippen LogP contribution < -0.4 is 10.1 Å². The number of rotatable bonds is 5. The summed E-state index contributed by atoms with van der Waals surface area (Å²) in [6.07, 6.45) is 2.88. The van der Waals surface area contributed by atoms with Crippen molar-refractivity contribution in [2.24, 2.45) is 0 Å². The number of carbonyl (C=O) groups excluding carboxylic acids is 1. The molecule has 0 heterocycles. The number of hydrogen-bond acceptors (Lipinski definition) is 2. The van der Waals surface area contributed by atoms with E-state index in [1.807, 2.05) is 36.4 Å². The molecule has 0 fully saturated rings. The molecule has 110 valence electrons. The van der Waals surface area contributed by atoms with Crippen LogP contribution in [0.5, 0.6) is 5.75 Å². The molecule has 1 amide bonds. The molecule has 0 spiro atoms. The van der Waals surface area contributed by atoms with Gasteiger partial charge in [0.05, 0.1) is 5.69 Å². The maximum Gasteiger partial charge on any atom is 0.417 e. The van der Waals surface area contributed by atoms with Crippen molar-refractivity contribution in [1.29, 1.82) is 0 Å². The highest BCUT2D eigenvalue weighted by atomic mass is 79.9. The van der Waals surface area contributed by atoms with Crippen LogP contribution in [0.4, 0.5) is 10.5 Å². The Bertz CT molecular complexity index is 599. The molecule has 0 radical (unpaired) electrons. The second kappa shape index (κ2) is 7.84. The zero-order chi connectivity index (χ0) is 15.1. The van der Waals surface area contributed by atoms with Crippen molar-refractivity contribution >= 4 is 27.7 Å². The number of amides is 1. The molecule has 1 N–H and O–H groups in total. The van der Waals surface area contributed by atoms with Gasteiger partial charge >= 0.3 is 6.09 Å². The van der Waals surface area contributed by atoms with Gasteiger partial charge in [-0.15, -0.1) is 0 Å². The van der Waals surface area contributed by atoms with E-state index in [1.54, 1.807) is 12.1 Å². The summed E-state index contributed by atoms with van der Waals surface area (Å²) in [4.78, 5) is 11.8. The summed E-state index contributed by atoms with van der Waals surface area (Å²) in [6, 6.07) is 14.9. The molecule has 0 aliphatic heterocycles. The Balaban J connectivity index is 1.97. The highest BCUT2D eigenvalue weighted by Gasteiger charge is 2.08. The molecule has 4 heteroatoms. The van der Waals surface area contributed by atoms with Gasteiger partial charge in [-0.05, 0) is 58.6 Å². The Morgan fingerprint density at radius 1 is 1.19 bits per heavy atom. The van der Waals surface area contributed by atoms with Crippen LogP contribution in [0.2, 0.25) is 0 Å². The van der Waals surface area contributed by atoms with Crippen LogP contribution in [-0.4, -0.2) is 6.09 Å². The second-order valence-corrected chi connectivity index (χ2v) is 5.60. The molecule has 0 atom stereocenters. The molecule has 0 aliphatic rings. The maximum absolute atomic E-state index is 11.8. The first-order valence-corrected chi connectivity index (χ1v) is 7.80. The molecule has 0 aromatic heterocycles. The monoisotopic (exact) mass is 347 g/mol. The van der Waals surface area contributed by atoms with E-state index in [2.05, 4.69) is 28.2 Å². The average molecular weight is 348 g/mol. The Morgan fingerprint density at radius 3 is 2.62 bits per heavy atom. The van der Waals surface area contributed by atoms with Crippen molar-refractivity contribution < 1.29 is 9.53 Å². The van der Waals surface area contributed by atoms with E-state index in [0.29, 0.717) is 11.4 Å². The summed E-state index contributed by atoms with van der Waals surface area (Å²) in [6.45, 7) is 2.17. The van der Waals surface area contributed by atoms with E-state index in [9.17, 15) is 4.79 Å². The van der Waals surface area contributed by atoms with Gasteiger partial charge in [-0.1, -0.05) is 37.6 Å². The minimum Gasteiger partial charge on any atom is -0.410 e. The standard InChI is InChI=1S/C17H18BrNO2/c1-2-3-7-13-10-11-16(15(18)12-13)19-17(20)21-14-8-5-4-6-9-14/h4-6,8-12H,2-3,7H2,1H3,(H,19,20). The number of unbranched alkanes of at least 4 members (excludes halogenated alkanes) is 1. The van der Waals surface area contributed by atoms with Crippen molar-refractivity contribution in [1.82, 2.24) is 0 Å². The molecule has 3 nitrogen and oxygen atoms in total. The molecule has 2 aromatic carbocycles. The van der Waals surface area contributed by atoms with Gasteiger partial charge in [-0.25, -0.2) is 4.79 Å². The number of hydrogen-bond donors (Lipinski definition) is 1. The van der Waals surface area contributed by atoms with Crippen molar-refractivity contribution in [3.63, 3.8) is 0 Å². The molecule has 0 bridgehead atoms. The summed E-state index contributed by atoms with van der Waals surface area (Å²) in [5, 5.41) is 2.73. The number of anilines is 1. The zero-order valence-electron chi connectivity index (χ0n) is 11.9. The van der Waals surface area contributed by atoms with Crippen molar-refractivity contribution in [2.45, 2.75) is 26.2 Å². The maximum atomic E-state index is 11.8. The lowest BCUT2D eigenvalue weighted by Gasteiger charge is -2.09. The normalized spacial score (nSPS) is 10.2. The zero-order valence-corrected chi connectivity index (χ0v) is 13.5. The predicted octanol–water partition coefficient (Wildman–Crippen LogP) is 5.40. The van der Waals surface area contributed by atoms with E-state index in [4.69, 9.17) is 4.74 Å². The summed E-state index contributed by atoms with van der Waals surface area (Å²) < 4.78 is 6.06. The highest BCUT2D eigenvalue weighted by Crippen LogP contribution is 2.25. The third-order valence-corrected chi connectivity index (χ3v) is 3.70. The number of para-hydroxylation sites is 1. The summed E-state index contributed by atoms with van der Waals surface area (Å²) in [7, 11) is 0. The SMILES string of the molecule is CCCCc1ccc(NC(=O)Oc2ccccc2)c(Br)c1. The van der Waals surface area contributed by atoms with Crippen LogP contribution in [0.25, 0.3) is 0 Å². The summed E-state index contributed by atoms with van der Waals surface area (Å²) in [5.74, 6) is 0.519. The number of nitrogens with one attached hydrogen (secondary N) is 1. The smallest absolute Gasteiger partial charge is 0.410 e. The van der Waals surface area contributed by atoms with Crippen LogP contribution in [0.3, 0.4) is 0 Å². The Hall–Kier alpha value is -1.81. The van der Waals surface area contributed by atoms with Crippen LogP contribution >= 0.6 is 15.9 Å². The fourth-order valence-electron chi connectivity index (χ4n) is 1.93. The van der Waals surface area contributed by atoms with Crippen LogP contribution in [0.1, 0.15) is 25.3 Å². The summed E-state index contributed by atoms with van der Waals surface area (Å²) in [5.41, 5.74) is 1.96. The molecule has 21 heavy (non-hydrogen) atoms. The number of carbonyl (C=O) groups is 1. The Kier molecular flexibility index (Phi) is 5.81. The van der Waals surface area contributed by atoms with Gasteiger partial charge in [0.2, 0.25) is 0 Å². The van der Waals surface area contributed by atoms with Gasteiger partial charge in [0.1, 0.15) is 5.75 Å². The van der Waals surface area contributed by atoms with Crippen LogP contribution in [-0.2, 0) is 6.42 Å². The predicted molar refractivity (Wildman–Crippen MR) is 88.8 cm³/mol. The first-order chi connectivity index (χ1) is 10.2. The van der Waals surface area contributed by atoms with E-state index in [1.165, 1.54) is 12.0 Å². The number of aryl methyl sites for hydroxylation is 1. The molecular weight excluding hydrogens is 330 g/mol. The second-order valence-electron chi connectivity index (χ2n) is 4.75. The lowest BCUT2D eigenvalue weighted by atomic mass is 10.1. The van der Waals surface area contributed by atoms with Gasteiger partial charge in [-0.2, -0.15) is 0 Å². The molecule has 2 rings (SSSR count). The van der Waals surface area contributed by atoms with Gasteiger partial charge in [0.25, 0.3) is 0 Å². The molecule has 0 saturated heterocycles. The van der Waals surface area contributed by atoms with E-state index < -0.39 is 6.09 Å². The third-order valence-electron chi connectivity index (χ3n) is 3.04. The molecule has 0 unspecified atom stereocenters. The van der Waals surface area contributed by atoms with E-state index in [-0.39, 0.29) is 0 Å². The topological polar surface area (TPSA) is 38.3 Å². The van der Waals surface area contributed by atoms with Crippen LogP contribution in [0, 0.1) is 0 Å². The lowest BCUT2D eigenvalue weighted by molar-refractivity contribution is 0.215. The first-order valence-electron chi connectivity index (χ1n) is 7.01. The molecular formula is C17H18BrNO2. The van der Waals surface area contributed by atoms with E-state index in [0.717, 1.165) is 17.3 Å². The quantitative estimate of drug-likeness (QED) is 0.785. The average Bonchev–Trinajstić information content (AvgIpc) is 2.48. The van der Waals surface area contributed by atoms with Gasteiger partial charge in [-0.3, -0.25) is 5.32 Å². The molecule has 2 aromatic rings. The Labute approximate surface area is 133 Å². The third kappa shape index (κ3) is 4.90. The summed E-state index contributed by atoms with van der Waals surface area (Å²) >= 11 is 3.48. The van der Waals surface area contributed by atoms with E-state index >= 15 is 0 Å². The minimum absolute atomic E-state index is 0.497. The van der Waals surface area contributed by atoms with Gasteiger partial charge < -0.3 is 4.74 Å². The van der Waals surface area contributed by atoms with Gasteiger partial charge in [0, 0.05) is 4.47 Å². The highest BCUT2D eigenvalue weighted by molar-refractivity contribution is 9.10. The largest absolute Gasteiger partial charge is 0.417 e. The fraction of sp³-hybridized carbons (Fsp3) is 0.235. The van der Waals surface area contributed by atoms with Crippen molar-refractivity contribution in [2.75, 3.05) is 5.32 Å². The van der Waals surface area contributed by atoms with Gasteiger partial charge in [0.15, 0.2) is 0 Å². The van der Waals surface area contributed by atoms with Crippen molar-refractivity contribution in [3.8, 4) is 5.75 Å². The number of halogens is 1. The lowest BCUT2D eigenvalue weighted by Crippen LogP contribution is -2.17. The fourth-order valence-corrected chi connectivity index (χ4v) is 2.45. The number of benzene rings is 2. The number of ether oxygens (including phenoxy) is 1. The first kappa shape index (κ1) is 15.6. The van der Waals surface area contributed by atoms with Crippen molar-refractivity contribution in [3.05, 3.63) is 58.6 Å². The minimum atomic E-state index is -0.497. The Morgan fingerprint density at radius 2 is 1.95 bits per heavy atom. The van der Waals surface area contributed by atoms with Crippen LogP contribution in [0.15, 0.2) is 53.0 Å². The molecule has 0 saturated carbocycles. The molecule has 0 aliphatic carbocycles.